The highest BCUT2D eigenvalue weighted by Gasteiger charge is 2.59. The molecule has 4 fully saturated rings. The molecule has 112 valence electrons. The van der Waals surface area contributed by atoms with Gasteiger partial charge in [0.05, 0.1) is 0 Å². The Morgan fingerprint density at radius 3 is 2.70 bits per heavy atom. The minimum atomic E-state index is 0.313. The second kappa shape index (κ2) is 4.99. The third-order valence-electron chi connectivity index (χ3n) is 5.83. The SMILES string of the molecule is O=C([C@H]1CC12CCOCC2)N(C[C@H]1CCCN1)C1CC1. The van der Waals surface area contributed by atoms with Gasteiger partial charge >= 0.3 is 0 Å². The summed E-state index contributed by atoms with van der Waals surface area (Å²) in [6.45, 7) is 3.80. The number of carbonyl (C=O) groups excluding carboxylic acids is 1. The number of carbonyl (C=O) groups is 1. The summed E-state index contributed by atoms with van der Waals surface area (Å²) in [6.07, 6.45) is 8.27. The highest BCUT2D eigenvalue weighted by Crippen LogP contribution is 2.60. The predicted molar refractivity (Wildman–Crippen MR) is 76.4 cm³/mol. The zero-order valence-electron chi connectivity index (χ0n) is 12.3. The van der Waals surface area contributed by atoms with Crippen molar-refractivity contribution in [3.63, 3.8) is 0 Å². The molecule has 2 aliphatic carbocycles. The van der Waals surface area contributed by atoms with Crippen molar-refractivity contribution < 1.29 is 9.53 Å². The van der Waals surface area contributed by atoms with Crippen LogP contribution in [0.25, 0.3) is 0 Å². The van der Waals surface area contributed by atoms with Gasteiger partial charge in [-0.3, -0.25) is 4.79 Å². The van der Waals surface area contributed by atoms with Gasteiger partial charge in [-0.2, -0.15) is 0 Å². The smallest absolute Gasteiger partial charge is 0.226 e. The lowest BCUT2D eigenvalue weighted by atomic mass is 9.93. The summed E-state index contributed by atoms with van der Waals surface area (Å²) in [5.74, 6) is 0.775. The zero-order valence-corrected chi connectivity index (χ0v) is 12.3. The molecule has 4 aliphatic rings. The average molecular weight is 278 g/mol. The van der Waals surface area contributed by atoms with Crippen LogP contribution in [0.3, 0.4) is 0 Å². The van der Waals surface area contributed by atoms with Crippen LogP contribution in [-0.4, -0.2) is 49.2 Å². The normalized spacial score (nSPS) is 35.2. The largest absolute Gasteiger partial charge is 0.381 e. The van der Waals surface area contributed by atoms with E-state index in [2.05, 4.69) is 10.2 Å². The van der Waals surface area contributed by atoms with Gasteiger partial charge in [0.1, 0.15) is 0 Å². The van der Waals surface area contributed by atoms with Crippen LogP contribution >= 0.6 is 0 Å². The van der Waals surface area contributed by atoms with E-state index in [0.717, 1.165) is 45.6 Å². The first-order valence-electron chi connectivity index (χ1n) is 8.40. The summed E-state index contributed by atoms with van der Waals surface area (Å²) < 4.78 is 5.47. The molecule has 0 aromatic carbocycles. The molecule has 0 bridgehead atoms. The first kappa shape index (κ1) is 13.1. The summed E-state index contributed by atoms with van der Waals surface area (Å²) in [6, 6.07) is 1.10. The first-order valence-corrected chi connectivity index (χ1v) is 8.40. The van der Waals surface area contributed by atoms with E-state index in [-0.39, 0.29) is 0 Å². The van der Waals surface area contributed by atoms with Crippen molar-refractivity contribution in [1.29, 1.82) is 0 Å². The van der Waals surface area contributed by atoms with Crippen molar-refractivity contribution >= 4 is 5.91 Å². The molecule has 2 heterocycles. The number of amides is 1. The molecule has 0 unspecified atom stereocenters. The monoisotopic (exact) mass is 278 g/mol. The van der Waals surface area contributed by atoms with Crippen LogP contribution in [0.4, 0.5) is 0 Å². The van der Waals surface area contributed by atoms with Crippen LogP contribution in [0.5, 0.6) is 0 Å². The zero-order chi connectivity index (χ0) is 13.6. The lowest BCUT2D eigenvalue weighted by molar-refractivity contribution is -0.135. The number of ether oxygens (including phenoxy) is 1. The van der Waals surface area contributed by atoms with E-state index in [1.807, 2.05) is 0 Å². The Morgan fingerprint density at radius 1 is 1.25 bits per heavy atom. The molecule has 0 aromatic rings. The Kier molecular flexibility index (Phi) is 3.26. The molecule has 1 spiro atoms. The molecule has 2 atom stereocenters. The molecule has 2 saturated carbocycles. The van der Waals surface area contributed by atoms with E-state index in [9.17, 15) is 4.79 Å². The van der Waals surface area contributed by atoms with Gasteiger partial charge < -0.3 is 15.0 Å². The molecule has 0 aromatic heterocycles. The molecule has 2 saturated heterocycles. The molecule has 20 heavy (non-hydrogen) atoms. The van der Waals surface area contributed by atoms with Crippen molar-refractivity contribution in [2.24, 2.45) is 11.3 Å². The number of nitrogens with one attached hydrogen (secondary N) is 1. The third-order valence-corrected chi connectivity index (χ3v) is 5.83. The summed E-state index contributed by atoms with van der Waals surface area (Å²) in [5.41, 5.74) is 0.325. The highest BCUT2D eigenvalue weighted by atomic mass is 16.5. The number of hydrogen-bond acceptors (Lipinski definition) is 3. The minimum Gasteiger partial charge on any atom is -0.381 e. The molecular weight excluding hydrogens is 252 g/mol. The van der Waals surface area contributed by atoms with Gasteiger partial charge in [0, 0.05) is 37.8 Å². The Morgan fingerprint density at radius 2 is 2.05 bits per heavy atom. The molecule has 2 aliphatic heterocycles. The summed E-state index contributed by atoms with van der Waals surface area (Å²) in [5, 5.41) is 3.54. The van der Waals surface area contributed by atoms with Crippen LogP contribution in [-0.2, 0) is 9.53 Å². The number of nitrogens with zero attached hydrogens (tertiary/aromatic N) is 1. The van der Waals surface area contributed by atoms with Crippen molar-refractivity contribution in [3.05, 3.63) is 0 Å². The average Bonchev–Trinajstić information content (AvgIpc) is 3.37. The van der Waals surface area contributed by atoms with Gasteiger partial charge in [0.25, 0.3) is 0 Å². The third kappa shape index (κ3) is 2.37. The molecule has 4 rings (SSSR count). The lowest BCUT2D eigenvalue weighted by Crippen LogP contribution is -2.44. The van der Waals surface area contributed by atoms with Gasteiger partial charge in [0.2, 0.25) is 5.91 Å². The van der Waals surface area contributed by atoms with Crippen LogP contribution < -0.4 is 5.32 Å². The second-order valence-electron chi connectivity index (χ2n) is 7.25. The Balaban J connectivity index is 1.40. The fraction of sp³-hybridized carbons (Fsp3) is 0.938. The summed E-state index contributed by atoms with van der Waals surface area (Å²) in [4.78, 5) is 15.1. The van der Waals surface area contributed by atoms with Crippen LogP contribution in [0.1, 0.15) is 44.9 Å². The summed E-state index contributed by atoms with van der Waals surface area (Å²) in [7, 11) is 0. The fourth-order valence-electron chi connectivity index (χ4n) is 4.18. The van der Waals surface area contributed by atoms with Gasteiger partial charge in [-0.05, 0) is 56.9 Å². The topological polar surface area (TPSA) is 41.6 Å². The molecule has 4 nitrogen and oxygen atoms in total. The molecule has 1 N–H and O–H groups in total. The molecule has 4 heteroatoms. The number of hydrogen-bond donors (Lipinski definition) is 1. The quantitative estimate of drug-likeness (QED) is 0.848. The van der Waals surface area contributed by atoms with Crippen LogP contribution in [0, 0.1) is 11.3 Å². The van der Waals surface area contributed by atoms with Gasteiger partial charge in [0.15, 0.2) is 0 Å². The highest BCUT2D eigenvalue weighted by molar-refractivity contribution is 5.83. The van der Waals surface area contributed by atoms with Gasteiger partial charge in [-0.25, -0.2) is 0 Å². The van der Waals surface area contributed by atoms with E-state index < -0.39 is 0 Å². The van der Waals surface area contributed by atoms with E-state index in [1.54, 1.807) is 0 Å². The Bertz CT molecular complexity index is 382. The maximum Gasteiger partial charge on any atom is 0.226 e. The van der Waals surface area contributed by atoms with Crippen LogP contribution in [0.2, 0.25) is 0 Å². The van der Waals surface area contributed by atoms with E-state index in [0.29, 0.717) is 29.3 Å². The predicted octanol–water partition coefficient (Wildman–Crippen LogP) is 1.55. The fourth-order valence-corrected chi connectivity index (χ4v) is 4.18. The van der Waals surface area contributed by atoms with Crippen molar-refractivity contribution in [3.8, 4) is 0 Å². The van der Waals surface area contributed by atoms with E-state index >= 15 is 0 Å². The molecule has 0 radical (unpaired) electrons. The van der Waals surface area contributed by atoms with Gasteiger partial charge in [-0.1, -0.05) is 0 Å². The first-order chi connectivity index (χ1) is 9.78. The Labute approximate surface area is 121 Å². The Hall–Kier alpha value is -0.610. The summed E-state index contributed by atoms with van der Waals surface area (Å²) >= 11 is 0. The van der Waals surface area contributed by atoms with Crippen molar-refractivity contribution in [2.45, 2.75) is 57.0 Å². The standard InChI is InChI=1S/C16H26N2O2/c19-15(14-10-16(14)5-8-20-9-6-16)18(13-3-4-13)11-12-2-1-7-17-12/h12-14,17H,1-11H2/t12-,14-/m1/s1. The van der Waals surface area contributed by atoms with Gasteiger partial charge in [-0.15, -0.1) is 0 Å². The second-order valence-corrected chi connectivity index (χ2v) is 7.25. The van der Waals surface area contributed by atoms with E-state index in [1.165, 1.54) is 25.7 Å². The lowest BCUT2D eigenvalue weighted by Gasteiger charge is -2.28. The number of rotatable bonds is 4. The van der Waals surface area contributed by atoms with Crippen molar-refractivity contribution in [2.75, 3.05) is 26.3 Å². The maximum atomic E-state index is 12.9. The molecule has 1 amide bonds. The van der Waals surface area contributed by atoms with E-state index in [4.69, 9.17) is 4.74 Å². The molecular formula is C16H26N2O2. The minimum absolute atomic E-state index is 0.313. The maximum absolute atomic E-state index is 12.9. The van der Waals surface area contributed by atoms with Crippen LogP contribution in [0.15, 0.2) is 0 Å². The van der Waals surface area contributed by atoms with Crippen molar-refractivity contribution in [1.82, 2.24) is 10.2 Å².